The Hall–Kier alpha value is -3.59. The van der Waals surface area contributed by atoms with E-state index in [1.54, 1.807) is 0 Å². The highest BCUT2D eigenvalue weighted by molar-refractivity contribution is 7.14. The summed E-state index contributed by atoms with van der Waals surface area (Å²) in [6, 6.07) is 9.85. The molecule has 0 atom stereocenters. The molecule has 172 valence electrons. The van der Waals surface area contributed by atoms with Gasteiger partial charge in [-0.05, 0) is 60.2 Å². The molecular formula is C24H29N7OS. The van der Waals surface area contributed by atoms with Crippen molar-refractivity contribution >= 4 is 46.0 Å². The third kappa shape index (κ3) is 5.09. The number of amides is 1. The number of nitrogens with two attached hydrogens (primary N) is 2. The zero-order valence-electron chi connectivity index (χ0n) is 18.6. The largest absolute Gasteiger partial charge is 0.370 e. The SMILES string of the molecule is Cc1sc(C(=O)Nc2ccc(C3=CCN(C(=N)N)CC3)cc2)cc1C1=CCN(C(=N)N)CC1. The summed E-state index contributed by atoms with van der Waals surface area (Å²) in [6.45, 7) is 4.76. The van der Waals surface area contributed by atoms with E-state index in [2.05, 4.69) is 17.5 Å². The second kappa shape index (κ2) is 9.50. The first-order valence-electron chi connectivity index (χ1n) is 10.9. The molecule has 0 fully saturated rings. The highest BCUT2D eigenvalue weighted by atomic mass is 32.1. The lowest BCUT2D eigenvalue weighted by molar-refractivity contribution is 0.103. The highest BCUT2D eigenvalue weighted by Crippen LogP contribution is 2.32. The molecule has 1 aromatic carbocycles. The van der Waals surface area contributed by atoms with Gasteiger partial charge in [-0.15, -0.1) is 11.3 Å². The van der Waals surface area contributed by atoms with E-state index < -0.39 is 0 Å². The highest BCUT2D eigenvalue weighted by Gasteiger charge is 2.19. The van der Waals surface area contributed by atoms with Gasteiger partial charge in [0.1, 0.15) is 0 Å². The molecule has 8 nitrogen and oxygen atoms in total. The lowest BCUT2D eigenvalue weighted by Crippen LogP contribution is -2.39. The van der Waals surface area contributed by atoms with Crippen LogP contribution in [0.4, 0.5) is 5.69 Å². The fourth-order valence-electron chi connectivity index (χ4n) is 4.16. The monoisotopic (exact) mass is 463 g/mol. The third-order valence-corrected chi connectivity index (χ3v) is 7.15. The van der Waals surface area contributed by atoms with Crippen LogP contribution >= 0.6 is 11.3 Å². The molecule has 0 spiro atoms. The summed E-state index contributed by atoms with van der Waals surface area (Å²) in [6.07, 6.45) is 5.84. The summed E-state index contributed by atoms with van der Waals surface area (Å²) in [7, 11) is 0. The topological polar surface area (TPSA) is 135 Å². The van der Waals surface area contributed by atoms with Gasteiger partial charge in [0, 0.05) is 36.7 Å². The number of aryl methyl sites for hydroxylation is 1. The summed E-state index contributed by atoms with van der Waals surface area (Å²) in [5, 5.41) is 18.1. The maximum Gasteiger partial charge on any atom is 0.265 e. The zero-order valence-corrected chi connectivity index (χ0v) is 19.5. The number of nitrogens with one attached hydrogen (secondary N) is 3. The van der Waals surface area contributed by atoms with E-state index in [1.165, 1.54) is 22.5 Å². The Labute approximate surface area is 197 Å². The molecule has 3 heterocycles. The number of hydrogen-bond acceptors (Lipinski definition) is 4. The number of nitrogens with zero attached hydrogens (tertiary/aromatic N) is 2. The van der Waals surface area contributed by atoms with Gasteiger partial charge in [-0.3, -0.25) is 15.6 Å². The fraction of sp³-hybridized carbons (Fsp3) is 0.292. The molecule has 0 saturated carbocycles. The summed E-state index contributed by atoms with van der Waals surface area (Å²) in [5.74, 6) is 0.0854. The van der Waals surface area contributed by atoms with Gasteiger partial charge >= 0.3 is 0 Å². The summed E-state index contributed by atoms with van der Waals surface area (Å²) in [4.78, 5) is 18.3. The maximum absolute atomic E-state index is 12.9. The van der Waals surface area contributed by atoms with Crippen molar-refractivity contribution in [3.63, 3.8) is 0 Å². The lowest BCUT2D eigenvalue weighted by atomic mass is 9.99. The van der Waals surface area contributed by atoms with Crippen LogP contribution in [0.3, 0.4) is 0 Å². The lowest BCUT2D eigenvalue weighted by Gasteiger charge is -2.26. The van der Waals surface area contributed by atoms with Gasteiger partial charge in [-0.2, -0.15) is 0 Å². The van der Waals surface area contributed by atoms with E-state index >= 15 is 0 Å². The van der Waals surface area contributed by atoms with Crippen molar-refractivity contribution < 1.29 is 4.79 Å². The van der Waals surface area contributed by atoms with Crippen LogP contribution < -0.4 is 16.8 Å². The second-order valence-corrected chi connectivity index (χ2v) is 9.49. The predicted octanol–water partition coefficient (Wildman–Crippen LogP) is 3.27. The first-order valence-corrected chi connectivity index (χ1v) is 11.7. The normalized spacial score (nSPS) is 16.2. The molecule has 2 aliphatic rings. The average molecular weight is 464 g/mol. The van der Waals surface area contributed by atoms with Crippen LogP contribution in [0.1, 0.15) is 38.5 Å². The Kier molecular flexibility index (Phi) is 6.50. The van der Waals surface area contributed by atoms with Crippen molar-refractivity contribution in [3.8, 4) is 0 Å². The van der Waals surface area contributed by atoms with Gasteiger partial charge in [-0.1, -0.05) is 24.3 Å². The fourth-order valence-corrected chi connectivity index (χ4v) is 5.11. The van der Waals surface area contributed by atoms with Crippen molar-refractivity contribution in [1.29, 1.82) is 10.8 Å². The van der Waals surface area contributed by atoms with E-state index in [4.69, 9.17) is 22.3 Å². The number of anilines is 1. The van der Waals surface area contributed by atoms with Gasteiger partial charge in [0.25, 0.3) is 5.91 Å². The van der Waals surface area contributed by atoms with Crippen LogP contribution in [-0.2, 0) is 0 Å². The molecule has 2 aromatic rings. The van der Waals surface area contributed by atoms with Crippen LogP contribution in [-0.4, -0.2) is 53.8 Å². The minimum atomic E-state index is -0.113. The molecule has 0 bridgehead atoms. The van der Waals surface area contributed by atoms with Crippen molar-refractivity contribution in [2.24, 2.45) is 11.5 Å². The predicted molar refractivity (Wildman–Crippen MR) is 136 cm³/mol. The molecule has 0 saturated heterocycles. The smallest absolute Gasteiger partial charge is 0.265 e. The summed E-state index contributed by atoms with van der Waals surface area (Å²) in [5.41, 5.74) is 16.5. The van der Waals surface area contributed by atoms with Crippen molar-refractivity contribution in [3.05, 3.63) is 63.4 Å². The molecule has 0 aliphatic carbocycles. The molecule has 7 N–H and O–H groups in total. The average Bonchev–Trinajstić information content (AvgIpc) is 3.21. The van der Waals surface area contributed by atoms with Gasteiger partial charge in [0.15, 0.2) is 11.9 Å². The number of guanidine groups is 2. The molecule has 0 radical (unpaired) electrons. The number of thiophene rings is 1. The molecule has 2 aliphatic heterocycles. The molecule has 4 rings (SSSR count). The second-order valence-electron chi connectivity index (χ2n) is 8.23. The number of benzene rings is 1. The Bertz CT molecular complexity index is 1150. The Morgan fingerprint density at radius 1 is 0.970 bits per heavy atom. The first kappa shape index (κ1) is 22.6. The van der Waals surface area contributed by atoms with E-state index in [0.717, 1.165) is 41.1 Å². The molecular weight excluding hydrogens is 434 g/mol. The van der Waals surface area contributed by atoms with Crippen LogP contribution in [0.25, 0.3) is 11.1 Å². The van der Waals surface area contributed by atoms with Gasteiger partial charge in [0.2, 0.25) is 0 Å². The van der Waals surface area contributed by atoms with Crippen molar-refractivity contribution in [2.75, 3.05) is 31.5 Å². The van der Waals surface area contributed by atoms with E-state index in [1.807, 2.05) is 47.1 Å². The number of carbonyl (C=O) groups excluding carboxylic acids is 1. The van der Waals surface area contributed by atoms with Gasteiger partial charge in [0.05, 0.1) is 4.88 Å². The molecule has 0 unspecified atom stereocenters. The summed E-state index contributed by atoms with van der Waals surface area (Å²) < 4.78 is 0. The molecule has 33 heavy (non-hydrogen) atoms. The first-order chi connectivity index (χ1) is 15.8. The van der Waals surface area contributed by atoms with Crippen LogP contribution in [0.5, 0.6) is 0 Å². The molecule has 9 heteroatoms. The molecule has 1 aromatic heterocycles. The Morgan fingerprint density at radius 2 is 1.55 bits per heavy atom. The van der Waals surface area contributed by atoms with Crippen LogP contribution in [0, 0.1) is 17.7 Å². The molecule has 1 amide bonds. The summed E-state index contributed by atoms with van der Waals surface area (Å²) >= 11 is 1.50. The minimum Gasteiger partial charge on any atom is -0.370 e. The van der Waals surface area contributed by atoms with E-state index in [0.29, 0.717) is 24.5 Å². The van der Waals surface area contributed by atoms with E-state index in [-0.39, 0.29) is 17.8 Å². The van der Waals surface area contributed by atoms with Crippen LogP contribution in [0.15, 0.2) is 42.5 Å². The zero-order chi connectivity index (χ0) is 23.5. The minimum absolute atomic E-state index is 0.0937. The number of rotatable bonds is 4. The third-order valence-electron chi connectivity index (χ3n) is 6.10. The maximum atomic E-state index is 12.9. The van der Waals surface area contributed by atoms with Gasteiger partial charge in [-0.25, -0.2) is 0 Å². The van der Waals surface area contributed by atoms with Gasteiger partial charge < -0.3 is 26.6 Å². The van der Waals surface area contributed by atoms with Crippen molar-refractivity contribution in [2.45, 2.75) is 19.8 Å². The standard InChI is InChI=1S/C24H29N7OS/c1-15-20(18-8-12-31(13-9-18)24(27)28)14-21(33-15)22(32)29-19-4-2-16(3-5-19)17-6-10-30(11-7-17)23(25)26/h2-6,8,14H,7,9-13H2,1H3,(H3,25,26)(H3,27,28)(H,29,32). The quantitative estimate of drug-likeness (QED) is 0.350. The number of hydrogen-bond donors (Lipinski definition) is 5. The van der Waals surface area contributed by atoms with Crippen LogP contribution in [0.2, 0.25) is 0 Å². The Balaban J connectivity index is 1.41. The van der Waals surface area contributed by atoms with Crippen molar-refractivity contribution in [1.82, 2.24) is 9.80 Å². The number of carbonyl (C=O) groups is 1. The Morgan fingerprint density at radius 3 is 2.06 bits per heavy atom. The van der Waals surface area contributed by atoms with E-state index in [9.17, 15) is 4.79 Å².